The third-order valence-electron chi connectivity index (χ3n) is 3.85. The van der Waals surface area contributed by atoms with Gasteiger partial charge in [0.2, 0.25) is 11.8 Å². The molecule has 1 aromatic carbocycles. The Balaban J connectivity index is 2.05. The molecular weight excluding hydrogens is 429 g/mol. The number of hydrazone groups is 1. The largest absolute Gasteiger partial charge is 0.464 e. The van der Waals surface area contributed by atoms with Crippen LogP contribution in [0.3, 0.4) is 0 Å². The van der Waals surface area contributed by atoms with E-state index in [1.807, 2.05) is 0 Å². The molecule has 2 aliphatic heterocycles. The van der Waals surface area contributed by atoms with Crippen molar-refractivity contribution in [3.05, 3.63) is 27.8 Å². The Morgan fingerprint density at radius 2 is 1.79 bits per heavy atom. The Bertz CT molecular complexity index is 789. The second-order valence-electron chi connectivity index (χ2n) is 5.25. The Morgan fingerprint density at radius 3 is 2.33 bits per heavy atom. The molecule has 2 unspecified atom stereocenters. The second-order valence-corrected chi connectivity index (χ2v) is 6.50. The van der Waals surface area contributed by atoms with Gasteiger partial charge in [-0.1, -0.05) is 0 Å². The van der Waals surface area contributed by atoms with Crippen molar-refractivity contribution in [3.8, 4) is 0 Å². The van der Waals surface area contributed by atoms with Crippen LogP contribution in [0, 0.1) is 9.49 Å². The maximum absolute atomic E-state index is 12.8. The van der Waals surface area contributed by atoms with Gasteiger partial charge in [0, 0.05) is 10.5 Å². The number of methoxy groups -OCH3 is 1. The van der Waals surface area contributed by atoms with E-state index in [9.17, 15) is 19.2 Å². The van der Waals surface area contributed by atoms with E-state index < -0.39 is 35.7 Å². The fourth-order valence-electron chi connectivity index (χ4n) is 2.79. The van der Waals surface area contributed by atoms with E-state index in [4.69, 9.17) is 0 Å². The van der Waals surface area contributed by atoms with Gasteiger partial charge in [0.05, 0.1) is 12.8 Å². The summed E-state index contributed by atoms with van der Waals surface area (Å²) in [7, 11) is 1.15. The molecule has 2 atom stereocenters. The summed E-state index contributed by atoms with van der Waals surface area (Å²) < 4.78 is 5.56. The van der Waals surface area contributed by atoms with E-state index in [0.717, 1.165) is 20.6 Å². The number of carbonyl (C=O) groups excluding carboxylic acids is 4. The highest BCUT2D eigenvalue weighted by Gasteiger charge is 2.59. The highest BCUT2D eigenvalue weighted by Crippen LogP contribution is 2.35. The molecule has 1 saturated heterocycles. The number of amides is 3. The third kappa shape index (κ3) is 2.39. The summed E-state index contributed by atoms with van der Waals surface area (Å²) in [6.07, 6.45) is 0. The van der Waals surface area contributed by atoms with Crippen LogP contribution in [0.25, 0.3) is 0 Å². The molecule has 0 aromatic heterocycles. The van der Waals surface area contributed by atoms with E-state index >= 15 is 0 Å². The minimum absolute atomic E-state index is 0.232. The number of ether oxygens (including phenoxy) is 1. The zero-order valence-corrected chi connectivity index (χ0v) is 14.9. The molecule has 0 spiro atoms. The number of halogens is 1. The highest BCUT2D eigenvalue weighted by atomic mass is 127. The molecule has 3 rings (SSSR count). The zero-order valence-electron chi connectivity index (χ0n) is 12.7. The third-order valence-corrected chi connectivity index (χ3v) is 4.57. The van der Waals surface area contributed by atoms with Crippen molar-refractivity contribution >= 4 is 57.7 Å². The van der Waals surface area contributed by atoms with Crippen molar-refractivity contribution < 1.29 is 23.9 Å². The average Bonchev–Trinajstić information content (AvgIpc) is 3.06. The van der Waals surface area contributed by atoms with Gasteiger partial charge in [0.15, 0.2) is 11.8 Å². The highest BCUT2D eigenvalue weighted by molar-refractivity contribution is 14.1. The van der Waals surface area contributed by atoms with Crippen LogP contribution in [-0.4, -0.2) is 47.6 Å². The van der Waals surface area contributed by atoms with Crippen LogP contribution in [-0.2, 0) is 23.9 Å². The molecule has 1 fully saturated rings. The maximum atomic E-state index is 12.8. The molecule has 24 heavy (non-hydrogen) atoms. The number of esters is 1. The van der Waals surface area contributed by atoms with Gasteiger partial charge in [-0.15, -0.1) is 0 Å². The summed E-state index contributed by atoms with van der Waals surface area (Å²) in [5.41, 5.74) is 0.150. The Labute approximate surface area is 150 Å². The summed E-state index contributed by atoms with van der Waals surface area (Å²) in [5, 5.41) is 4.72. The topological polar surface area (TPSA) is 96.3 Å². The van der Waals surface area contributed by atoms with Crippen molar-refractivity contribution in [1.29, 1.82) is 0 Å². The lowest BCUT2D eigenvalue weighted by Crippen LogP contribution is -2.41. The van der Waals surface area contributed by atoms with Crippen LogP contribution in [0.15, 0.2) is 29.4 Å². The summed E-state index contributed by atoms with van der Waals surface area (Å²) in [6.45, 7) is 1.21. The number of nitrogens with zero attached hydrogens (tertiary/aromatic N) is 3. The number of hydrogen-bond acceptors (Lipinski definition) is 6. The van der Waals surface area contributed by atoms with E-state index in [2.05, 4.69) is 32.4 Å². The van der Waals surface area contributed by atoms with E-state index in [1.165, 1.54) is 6.92 Å². The van der Waals surface area contributed by atoms with E-state index in [0.29, 0.717) is 5.69 Å². The van der Waals surface area contributed by atoms with Gasteiger partial charge in [0.1, 0.15) is 5.92 Å². The monoisotopic (exact) mass is 441 g/mol. The Morgan fingerprint density at radius 1 is 1.17 bits per heavy atom. The molecule has 0 radical (unpaired) electrons. The molecule has 1 aromatic rings. The van der Waals surface area contributed by atoms with Gasteiger partial charge in [-0.05, 0) is 46.9 Å². The average molecular weight is 441 g/mol. The van der Waals surface area contributed by atoms with Gasteiger partial charge < -0.3 is 4.74 Å². The van der Waals surface area contributed by atoms with Crippen molar-refractivity contribution in [1.82, 2.24) is 5.01 Å². The summed E-state index contributed by atoms with van der Waals surface area (Å²) in [5.74, 6) is -3.70. The predicted molar refractivity (Wildman–Crippen MR) is 90.9 cm³/mol. The van der Waals surface area contributed by atoms with Crippen LogP contribution in [0.5, 0.6) is 0 Å². The van der Waals surface area contributed by atoms with Crippen molar-refractivity contribution in [2.75, 3.05) is 12.0 Å². The van der Waals surface area contributed by atoms with Gasteiger partial charge in [0.25, 0.3) is 5.91 Å². The molecule has 124 valence electrons. The van der Waals surface area contributed by atoms with Crippen LogP contribution >= 0.6 is 22.6 Å². The molecule has 3 amide bonds. The van der Waals surface area contributed by atoms with Crippen LogP contribution < -0.4 is 4.90 Å². The number of carbonyl (C=O) groups is 4. The number of fused-ring (bicyclic) bond motifs is 1. The number of hydrogen-bond donors (Lipinski definition) is 0. The van der Waals surface area contributed by atoms with Crippen LogP contribution in [0.1, 0.15) is 6.92 Å². The molecule has 0 aliphatic carbocycles. The van der Waals surface area contributed by atoms with Gasteiger partial charge in [-0.25, -0.2) is 14.7 Å². The van der Waals surface area contributed by atoms with Crippen molar-refractivity contribution in [2.24, 2.45) is 11.0 Å². The quantitative estimate of drug-likeness (QED) is 0.379. The Hall–Kier alpha value is -2.30. The molecule has 9 heteroatoms. The minimum Gasteiger partial charge on any atom is -0.464 e. The fraction of sp³-hybridized carbons (Fsp3) is 0.267. The lowest BCUT2D eigenvalue weighted by molar-refractivity contribution is -0.136. The molecule has 2 heterocycles. The van der Waals surface area contributed by atoms with Crippen LogP contribution in [0.4, 0.5) is 5.69 Å². The molecule has 2 aliphatic rings. The van der Waals surface area contributed by atoms with E-state index in [-0.39, 0.29) is 5.71 Å². The van der Waals surface area contributed by atoms with Crippen molar-refractivity contribution in [3.63, 3.8) is 0 Å². The first-order valence-corrected chi connectivity index (χ1v) is 8.04. The number of benzene rings is 1. The SMILES string of the molecule is COC(=O)C1=NN(C(C)=O)C2C(=O)N(c3ccc(I)cc3)C(=O)C12. The molecular formula is C15H12IN3O5. The molecule has 0 saturated carbocycles. The number of rotatable bonds is 2. The normalized spacial score (nSPS) is 22.5. The maximum Gasteiger partial charge on any atom is 0.355 e. The van der Waals surface area contributed by atoms with Gasteiger partial charge in [-0.2, -0.15) is 5.10 Å². The molecule has 0 bridgehead atoms. The predicted octanol–water partition coefficient (Wildman–Crippen LogP) is 0.540. The second kappa shape index (κ2) is 5.96. The lowest BCUT2D eigenvalue weighted by atomic mass is 9.98. The standard InChI is InChI=1S/C15H12IN3O5/c1-7(20)19-12-10(11(17-19)15(23)24-2)13(21)18(14(12)22)9-5-3-8(16)4-6-9/h3-6,10,12H,1-2H3. The zero-order chi connectivity index (χ0) is 17.6. The number of imide groups is 1. The summed E-state index contributed by atoms with van der Waals surface area (Å²) in [4.78, 5) is 50.1. The smallest absolute Gasteiger partial charge is 0.355 e. The molecule has 8 nitrogen and oxygen atoms in total. The van der Waals surface area contributed by atoms with Crippen molar-refractivity contribution in [2.45, 2.75) is 13.0 Å². The first-order chi connectivity index (χ1) is 11.4. The lowest BCUT2D eigenvalue weighted by Gasteiger charge is -2.19. The van der Waals surface area contributed by atoms with Crippen LogP contribution in [0.2, 0.25) is 0 Å². The minimum atomic E-state index is -1.15. The first kappa shape index (κ1) is 16.6. The fourth-order valence-corrected chi connectivity index (χ4v) is 3.15. The Kier molecular flexibility index (Phi) is 4.11. The summed E-state index contributed by atoms with van der Waals surface area (Å²) >= 11 is 2.10. The van der Waals surface area contributed by atoms with Gasteiger partial charge >= 0.3 is 5.97 Å². The van der Waals surface area contributed by atoms with Gasteiger partial charge in [-0.3, -0.25) is 14.4 Å². The first-order valence-electron chi connectivity index (χ1n) is 6.96. The molecule has 0 N–H and O–H groups in total. The van der Waals surface area contributed by atoms with E-state index in [1.54, 1.807) is 24.3 Å². The summed E-state index contributed by atoms with van der Waals surface area (Å²) in [6, 6.07) is 5.62. The number of anilines is 1.